The van der Waals surface area contributed by atoms with Gasteiger partial charge < -0.3 is 37.2 Å². The van der Waals surface area contributed by atoms with Gasteiger partial charge in [-0.3, -0.25) is 14.4 Å². The number of aliphatic hydroxyl groups excluding tert-OH is 1. The second-order valence-corrected chi connectivity index (χ2v) is 8.75. The number of carbonyl (C=O) groups is 4. The summed E-state index contributed by atoms with van der Waals surface area (Å²) in [4.78, 5) is 49.5. The minimum atomic E-state index is -1.37. The molecule has 0 saturated carbocycles. The maximum atomic E-state index is 12.9. The molecule has 184 valence electrons. The molecule has 5 atom stereocenters. The van der Waals surface area contributed by atoms with E-state index in [2.05, 4.69) is 21.3 Å². The Bertz CT molecular complexity index is 636. The maximum Gasteiger partial charge on any atom is 0.326 e. The topological polar surface area (TPSA) is 183 Å². The van der Waals surface area contributed by atoms with Crippen LogP contribution >= 0.6 is 0 Å². The van der Waals surface area contributed by atoms with Gasteiger partial charge in [-0.15, -0.1) is 0 Å². The molecule has 1 heterocycles. The molecule has 0 aromatic rings. The number of nitrogens with one attached hydrogen (secondary N) is 4. The van der Waals surface area contributed by atoms with Gasteiger partial charge in [0, 0.05) is 0 Å². The summed E-state index contributed by atoms with van der Waals surface area (Å²) in [6, 6.07) is -3.79. The molecule has 11 nitrogen and oxygen atoms in total. The number of rotatable bonds is 14. The minimum Gasteiger partial charge on any atom is -0.480 e. The highest BCUT2D eigenvalue weighted by atomic mass is 16.4. The molecular formula is C21H39N5O6. The second kappa shape index (κ2) is 14.0. The Labute approximate surface area is 189 Å². The molecule has 0 spiro atoms. The normalized spacial score (nSPS) is 19.6. The SMILES string of the molecule is CC(C)CC(NC(=O)C(NC(=O)C(CCCCN)NC(=O)C1CCCN1)C(C)O)C(=O)O. The first-order valence-electron chi connectivity index (χ1n) is 11.3. The molecule has 0 radical (unpaired) electrons. The molecule has 0 aromatic heterocycles. The van der Waals surface area contributed by atoms with Gasteiger partial charge in [0.25, 0.3) is 0 Å². The van der Waals surface area contributed by atoms with Crippen LogP contribution in [0.2, 0.25) is 0 Å². The van der Waals surface area contributed by atoms with Crippen LogP contribution in [0.5, 0.6) is 0 Å². The van der Waals surface area contributed by atoms with Gasteiger partial charge in [0.15, 0.2) is 0 Å². The molecule has 0 aromatic carbocycles. The lowest BCUT2D eigenvalue weighted by atomic mass is 10.0. The third-order valence-corrected chi connectivity index (χ3v) is 5.34. The lowest BCUT2D eigenvalue weighted by Gasteiger charge is -2.27. The summed E-state index contributed by atoms with van der Waals surface area (Å²) >= 11 is 0. The van der Waals surface area contributed by atoms with Gasteiger partial charge >= 0.3 is 5.97 Å². The Kier molecular flexibility index (Phi) is 12.2. The fourth-order valence-electron chi connectivity index (χ4n) is 3.56. The number of carbonyl (C=O) groups excluding carboxylic acids is 3. The van der Waals surface area contributed by atoms with E-state index in [4.69, 9.17) is 5.73 Å². The lowest BCUT2D eigenvalue weighted by Crippen LogP contribution is -2.59. The fourth-order valence-corrected chi connectivity index (χ4v) is 3.56. The molecule has 11 heteroatoms. The van der Waals surface area contributed by atoms with E-state index in [1.165, 1.54) is 6.92 Å². The molecule has 8 N–H and O–H groups in total. The van der Waals surface area contributed by atoms with Gasteiger partial charge in [-0.05, 0) is 64.5 Å². The van der Waals surface area contributed by atoms with Gasteiger partial charge in [-0.2, -0.15) is 0 Å². The Morgan fingerprint density at radius 1 is 1.03 bits per heavy atom. The van der Waals surface area contributed by atoms with Crippen molar-refractivity contribution in [2.45, 2.75) is 89.6 Å². The first-order chi connectivity index (χ1) is 15.1. The summed E-state index contributed by atoms with van der Waals surface area (Å²) in [5, 5.41) is 30.1. The van der Waals surface area contributed by atoms with Crippen LogP contribution < -0.4 is 27.0 Å². The van der Waals surface area contributed by atoms with Gasteiger partial charge in [0.2, 0.25) is 17.7 Å². The smallest absolute Gasteiger partial charge is 0.326 e. The summed E-state index contributed by atoms with van der Waals surface area (Å²) in [7, 11) is 0. The predicted molar refractivity (Wildman–Crippen MR) is 118 cm³/mol. The average molecular weight is 458 g/mol. The van der Waals surface area contributed by atoms with Gasteiger partial charge in [0.1, 0.15) is 18.1 Å². The zero-order chi connectivity index (χ0) is 24.3. The van der Waals surface area contributed by atoms with Crippen molar-refractivity contribution in [3.63, 3.8) is 0 Å². The molecule has 1 saturated heterocycles. The zero-order valence-corrected chi connectivity index (χ0v) is 19.2. The Hall–Kier alpha value is -2.24. The van der Waals surface area contributed by atoms with Gasteiger partial charge in [-0.1, -0.05) is 13.8 Å². The summed E-state index contributed by atoms with van der Waals surface area (Å²) in [5.74, 6) is -2.89. The monoisotopic (exact) mass is 457 g/mol. The largest absolute Gasteiger partial charge is 0.480 e. The van der Waals surface area contributed by atoms with Crippen LogP contribution in [0.4, 0.5) is 0 Å². The van der Waals surface area contributed by atoms with Crippen molar-refractivity contribution in [1.29, 1.82) is 0 Å². The molecule has 1 rings (SSSR count). The molecule has 0 bridgehead atoms. The first-order valence-corrected chi connectivity index (χ1v) is 11.3. The third-order valence-electron chi connectivity index (χ3n) is 5.34. The lowest BCUT2D eigenvalue weighted by molar-refractivity contribution is -0.143. The van der Waals surface area contributed by atoms with Crippen LogP contribution in [-0.2, 0) is 19.2 Å². The molecule has 32 heavy (non-hydrogen) atoms. The number of hydrogen-bond donors (Lipinski definition) is 7. The van der Waals surface area contributed by atoms with E-state index >= 15 is 0 Å². The molecule has 1 aliphatic rings. The van der Waals surface area contributed by atoms with E-state index in [9.17, 15) is 29.4 Å². The van der Waals surface area contributed by atoms with Crippen LogP contribution in [0.25, 0.3) is 0 Å². The van der Waals surface area contributed by atoms with Gasteiger partial charge in [0.05, 0.1) is 12.1 Å². The minimum absolute atomic E-state index is 0.0160. The second-order valence-electron chi connectivity index (χ2n) is 8.75. The number of unbranched alkanes of at least 4 members (excludes halogenated alkanes) is 1. The molecule has 5 unspecified atom stereocenters. The van der Waals surface area contributed by atoms with E-state index in [1.807, 2.05) is 13.8 Å². The molecule has 1 fully saturated rings. The van der Waals surface area contributed by atoms with E-state index in [-0.39, 0.29) is 24.3 Å². The summed E-state index contributed by atoms with van der Waals surface area (Å²) in [6.45, 7) is 6.14. The van der Waals surface area contributed by atoms with Gasteiger partial charge in [-0.25, -0.2) is 4.79 Å². The fraction of sp³-hybridized carbons (Fsp3) is 0.810. The molecule has 0 aliphatic carbocycles. The standard InChI is InChI=1S/C21H39N5O6/c1-12(2)11-16(21(31)32)25-20(30)17(13(3)27)26-19(29)15(7-4-5-9-22)24-18(28)14-8-6-10-23-14/h12-17,23,27H,4-11,22H2,1-3H3,(H,24,28)(H,25,30)(H,26,29)(H,31,32). The number of aliphatic carboxylic acids is 1. The molecular weight excluding hydrogens is 418 g/mol. The van der Waals surface area contributed by atoms with Crippen LogP contribution in [0, 0.1) is 5.92 Å². The maximum absolute atomic E-state index is 12.9. The van der Waals surface area contributed by atoms with Crippen molar-refractivity contribution in [2.24, 2.45) is 11.7 Å². The summed E-state index contributed by atoms with van der Waals surface area (Å²) in [5.41, 5.74) is 5.53. The highest BCUT2D eigenvalue weighted by Crippen LogP contribution is 2.09. The van der Waals surface area contributed by atoms with Crippen molar-refractivity contribution < 1.29 is 29.4 Å². The van der Waals surface area contributed by atoms with E-state index in [0.717, 1.165) is 13.0 Å². The van der Waals surface area contributed by atoms with Crippen molar-refractivity contribution in [3.05, 3.63) is 0 Å². The average Bonchev–Trinajstić information content (AvgIpc) is 3.24. The zero-order valence-electron chi connectivity index (χ0n) is 19.2. The predicted octanol–water partition coefficient (Wildman–Crippen LogP) is -1.17. The number of amides is 3. The Morgan fingerprint density at radius 3 is 2.22 bits per heavy atom. The number of aliphatic hydroxyl groups is 1. The Balaban J connectivity index is 2.86. The third kappa shape index (κ3) is 9.49. The van der Waals surface area contributed by atoms with Crippen molar-refractivity contribution in [1.82, 2.24) is 21.3 Å². The van der Waals surface area contributed by atoms with Crippen LogP contribution in [0.3, 0.4) is 0 Å². The van der Waals surface area contributed by atoms with Crippen LogP contribution in [0.15, 0.2) is 0 Å². The number of hydrogen-bond acceptors (Lipinski definition) is 7. The number of carboxylic acid groups (broad SMARTS) is 1. The van der Waals surface area contributed by atoms with Crippen LogP contribution in [-0.4, -0.2) is 77.3 Å². The molecule has 3 amide bonds. The highest BCUT2D eigenvalue weighted by Gasteiger charge is 2.33. The summed E-state index contributed by atoms with van der Waals surface area (Å²) in [6.07, 6.45) is 2.05. The summed E-state index contributed by atoms with van der Waals surface area (Å²) < 4.78 is 0. The Morgan fingerprint density at radius 2 is 1.72 bits per heavy atom. The van der Waals surface area contributed by atoms with E-state index < -0.39 is 42.0 Å². The van der Waals surface area contributed by atoms with Crippen molar-refractivity contribution in [3.8, 4) is 0 Å². The quantitative estimate of drug-likeness (QED) is 0.159. The first kappa shape index (κ1) is 27.8. The number of nitrogens with two attached hydrogens (primary N) is 1. The van der Waals surface area contributed by atoms with E-state index in [1.54, 1.807) is 0 Å². The molecule has 1 aliphatic heterocycles. The van der Waals surface area contributed by atoms with Crippen LogP contribution in [0.1, 0.15) is 59.3 Å². The van der Waals surface area contributed by atoms with E-state index in [0.29, 0.717) is 32.2 Å². The number of carboxylic acids is 1. The van der Waals surface area contributed by atoms with Crippen molar-refractivity contribution in [2.75, 3.05) is 13.1 Å². The highest BCUT2D eigenvalue weighted by molar-refractivity contribution is 5.94. The van der Waals surface area contributed by atoms with Crippen molar-refractivity contribution >= 4 is 23.7 Å².